The minimum Gasteiger partial charge on any atom is -0.454 e. The van der Waals surface area contributed by atoms with Crippen molar-refractivity contribution in [3.63, 3.8) is 0 Å². The van der Waals surface area contributed by atoms with E-state index in [0.29, 0.717) is 24.3 Å². The Hall–Kier alpha value is -2.01. The molecular weight excluding hydrogens is 306 g/mol. The summed E-state index contributed by atoms with van der Waals surface area (Å²) < 4.78 is 15.9. The van der Waals surface area contributed by atoms with E-state index in [1.54, 1.807) is 7.11 Å². The van der Waals surface area contributed by atoms with Crippen LogP contribution in [0.5, 0.6) is 11.5 Å². The minimum atomic E-state index is 0.0434. The molecule has 0 unspecified atom stereocenters. The topological polar surface area (TPSA) is 48.0 Å². The van der Waals surface area contributed by atoms with E-state index < -0.39 is 0 Å². The lowest BCUT2D eigenvalue weighted by Gasteiger charge is -2.28. The first-order valence-electron chi connectivity index (χ1n) is 8.56. The molecule has 0 saturated heterocycles. The smallest absolute Gasteiger partial charge is 0.248 e. The Balaban J connectivity index is 1.47. The third-order valence-corrected chi connectivity index (χ3v) is 5.30. The number of rotatable bonds is 6. The van der Waals surface area contributed by atoms with Gasteiger partial charge in [-0.15, -0.1) is 0 Å². The van der Waals surface area contributed by atoms with Gasteiger partial charge in [-0.3, -0.25) is 4.79 Å². The van der Waals surface area contributed by atoms with Crippen LogP contribution in [-0.2, 0) is 16.1 Å². The highest BCUT2D eigenvalue weighted by atomic mass is 16.7. The van der Waals surface area contributed by atoms with Gasteiger partial charge in [0, 0.05) is 20.2 Å². The summed E-state index contributed by atoms with van der Waals surface area (Å²) >= 11 is 0. The van der Waals surface area contributed by atoms with Crippen LogP contribution < -0.4 is 9.47 Å². The number of methoxy groups -OCH3 is 1. The van der Waals surface area contributed by atoms with E-state index in [0.717, 1.165) is 23.6 Å². The number of benzene rings is 1. The van der Waals surface area contributed by atoms with Crippen molar-refractivity contribution in [2.24, 2.45) is 17.8 Å². The SMILES string of the molecule is COCC(=O)N(Cc1ccc2c(c1)OCO2)C[C@@H]1C[C@H]2C=C[C@H]1C2. The van der Waals surface area contributed by atoms with Crippen LogP contribution in [0.1, 0.15) is 18.4 Å². The predicted octanol–water partition coefficient (Wildman–Crippen LogP) is 2.60. The Morgan fingerprint density at radius 2 is 2.12 bits per heavy atom. The maximum Gasteiger partial charge on any atom is 0.248 e. The van der Waals surface area contributed by atoms with Gasteiger partial charge in [0.2, 0.25) is 12.7 Å². The molecule has 0 spiro atoms. The van der Waals surface area contributed by atoms with Crippen molar-refractivity contribution in [1.82, 2.24) is 4.90 Å². The van der Waals surface area contributed by atoms with Crippen molar-refractivity contribution in [2.45, 2.75) is 19.4 Å². The highest BCUT2D eigenvalue weighted by molar-refractivity contribution is 5.77. The maximum atomic E-state index is 12.5. The highest BCUT2D eigenvalue weighted by Crippen LogP contribution is 2.43. The molecule has 5 nitrogen and oxygen atoms in total. The van der Waals surface area contributed by atoms with Gasteiger partial charge in [-0.1, -0.05) is 18.2 Å². The highest BCUT2D eigenvalue weighted by Gasteiger charge is 2.37. The monoisotopic (exact) mass is 329 g/mol. The van der Waals surface area contributed by atoms with Crippen molar-refractivity contribution in [1.29, 1.82) is 0 Å². The molecule has 1 fully saturated rings. The van der Waals surface area contributed by atoms with Gasteiger partial charge < -0.3 is 19.1 Å². The lowest BCUT2D eigenvalue weighted by Crippen LogP contribution is -2.38. The lowest BCUT2D eigenvalue weighted by molar-refractivity contribution is -0.136. The second-order valence-corrected chi connectivity index (χ2v) is 6.94. The summed E-state index contributed by atoms with van der Waals surface area (Å²) in [6.45, 7) is 1.77. The average molecular weight is 329 g/mol. The van der Waals surface area contributed by atoms with Gasteiger partial charge >= 0.3 is 0 Å². The van der Waals surface area contributed by atoms with Crippen LogP contribution in [-0.4, -0.2) is 37.9 Å². The Morgan fingerprint density at radius 1 is 1.25 bits per heavy atom. The van der Waals surface area contributed by atoms with Gasteiger partial charge in [0.25, 0.3) is 0 Å². The first-order valence-corrected chi connectivity index (χ1v) is 8.56. The molecule has 1 saturated carbocycles. The molecule has 1 amide bonds. The van der Waals surface area contributed by atoms with Crippen LogP contribution >= 0.6 is 0 Å². The van der Waals surface area contributed by atoms with Crippen molar-refractivity contribution in [3.05, 3.63) is 35.9 Å². The molecule has 1 aromatic carbocycles. The van der Waals surface area contributed by atoms with Gasteiger partial charge in [0.15, 0.2) is 11.5 Å². The summed E-state index contributed by atoms with van der Waals surface area (Å²) in [5.74, 6) is 3.48. The fourth-order valence-electron chi connectivity index (χ4n) is 4.12. The normalized spacial score (nSPS) is 26.1. The van der Waals surface area contributed by atoms with Crippen molar-refractivity contribution in [2.75, 3.05) is 27.1 Å². The molecule has 1 aromatic rings. The number of nitrogens with zero attached hydrogens (tertiary/aromatic N) is 1. The number of carbonyl (C=O) groups is 1. The first-order chi connectivity index (χ1) is 11.7. The van der Waals surface area contributed by atoms with Crippen molar-refractivity contribution < 1.29 is 19.0 Å². The minimum absolute atomic E-state index is 0.0434. The fourth-order valence-corrected chi connectivity index (χ4v) is 4.12. The van der Waals surface area contributed by atoms with Gasteiger partial charge in [0.1, 0.15) is 6.61 Å². The molecule has 1 aliphatic heterocycles. The van der Waals surface area contributed by atoms with Gasteiger partial charge in [-0.05, 0) is 48.3 Å². The molecule has 5 heteroatoms. The molecule has 0 N–H and O–H groups in total. The molecule has 0 radical (unpaired) electrons. The standard InChI is InChI=1S/C19H23NO4/c1-22-11-19(21)20(10-16-7-13-2-4-15(16)6-13)9-14-3-5-17-18(8-14)24-12-23-17/h2-5,8,13,15-16H,6-7,9-12H2,1H3/t13-,15-,16-/m0/s1. The third-order valence-electron chi connectivity index (χ3n) is 5.30. The zero-order valence-corrected chi connectivity index (χ0v) is 13.9. The van der Waals surface area contributed by atoms with E-state index in [1.165, 1.54) is 12.8 Å². The van der Waals surface area contributed by atoms with Crippen LogP contribution in [0, 0.1) is 17.8 Å². The van der Waals surface area contributed by atoms with Crippen molar-refractivity contribution >= 4 is 5.91 Å². The van der Waals surface area contributed by atoms with Gasteiger partial charge in [0.05, 0.1) is 0 Å². The van der Waals surface area contributed by atoms with Crippen LogP contribution in [0.2, 0.25) is 0 Å². The summed E-state index contributed by atoms with van der Waals surface area (Å²) in [4.78, 5) is 14.4. The summed E-state index contributed by atoms with van der Waals surface area (Å²) in [7, 11) is 1.57. The molecule has 24 heavy (non-hydrogen) atoms. The lowest BCUT2D eigenvalue weighted by atomic mass is 9.93. The molecule has 2 aliphatic carbocycles. The largest absolute Gasteiger partial charge is 0.454 e. The van der Waals surface area contributed by atoms with Crippen LogP contribution in [0.3, 0.4) is 0 Å². The van der Waals surface area contributed by atoms with E-state index in [2.05, 4.69) is 12.2 Å². The molecule has 3 atom stereocenters. The van der Waals surface area contributed by atoms with Gasteiger partial charge in [-0.25, -0.2) is 0 Å². The Labute approximate surface area is 142 Å². The summed E-state index contributed by atoms with van der Waals surface area (Å²) in [6.07, 6.45) is 7.11. The number of ether oxygens (including phenoxy) is 3. The zero-order valence-electron chi connectivity index (χ0n) is 13.9. The molecule has 4 rings (SSSR count). The van der Waals surface area contributed by atoms with E-state index in [4.69, 9.17) is 14.2 Å². The van der Waals surface area contributed by atoms with Crippen LogP contribution in [0.4, 0.5) is 0 Å². The Bertz CT molecular complexity index is 657. The van der Waals surface area contributed by atoms with E-state index in [-0.39, 0.29) is 19.3 Å². The zero-order chi connectivity index (χ0) is 16.5. The quantitative estimate of drug-likeness (QED) is 0.753. The second-order valence-electron chi connectivity index (χ2n) is 6.94. The fraction of sp³-hybridized carbons (Fsp3) is 0.526. The molecule has 128 valence electrons. The van der Waals surface area contributed by atoms with Crippen molar-refractivity contribution in [3.8, 4) is 11.5 Å². The molecular formula is C19H23NO4. The Morgan fingerprint density at radius 3 is 2.88 bits per heavy atom. The number of carbonyl (C=O) groups excluding carboxylic acids is 1. The van der Waals surface area contributed by atoms with E-state index in [1.807, 2.05) is 23.1 Å². The Kier molecular flexibility index (Phi) is 4.19. The van der Waals surface area contributed by atoms with Gasteiger partial charge in [-0.2, -0.15) is 0 Å². The molecule has 2 bridgehead atoms. The summed E-state index contributed by atoms with van der Waals surface area (Å²) in [5.41, 5.74) is 1.06. The first kappa shape index (κ1) is 15.5. The van der Waals surface area contributed by atoms with E-state index >= 15 is 0 Å². The summed E-state index contributed by atoms with van der Waals surface area (Å²) in [6, 6.07) is 5.88. The second kappa shape index (κ2) is 6.48. The number of hydrogen-bond donors (Lipinski definition) is 0. The van der Waals surface area contributed by atoms with Crippen LogP contribution in [0.25, 0.3) is 0 Å². The predicted molar refractivity (Wildman–Crippen MR) is 88.7 cm³/mol. The van der Waals surface area contributed by atoms with E-state index in [9.17, 15) is 4.79 Å². The number of allylic oxidation sites excluding steroid dienone is 2. The molecule has 3 aliphatic rings. The number of hydrogen-bond acceptors (Lipinski definition) is 4. The molecule has 0 aromatic heterocycles. The number of fused-ring (bicyclic) bond motifs is 3. The van der Waals surface area contributed by atoms with Crippen LogP contribution in [0.15, 0.2) is 30.4 Å². The third kappa shape index (κ3) is 3.00. The summed E-state index contributed by atoms with van der Waals surface area (Å²) in [5, 5.41) is 0. The number of amides is 1. The molecule has 1 heterocycles. The average Bonchev–Trinajstić information content (AvgIpc) is 3.30. The maximum absolute atomic E-state index is 12.5.